The lowest BCUT2D eigenvalue weighted by atomic mass is 9.84. The van der Waals surface area contributed by atoms with Crippen molar-refractivity contribution < 1.29 is 19.1 Å². The Balaban J connectivity index is 1.48. The van der Waals surface area contributed by atoms with E-state index in [2.05, 4.69) is 26.1 Å². The van der Waals surface area contributed by atoms with E-state index in [9.17, 15) is 14.4 Å². The van der Waals surface area contributed by atoms with Crippen molar-refractivity contribution in [3.05, 3.63) is 65.2 Å². The highest BCUT2D eigenvalue weighted by Gasteiger charge is 2.50. The fourth-order valence-corrected chi connectivity index (χ4v) is 4.30. The molecule has 4 rings (SSSR count). The van der Waals surface area contributed by atoms with Gasteiger partial charge in [-0.25, -0.2) is 4.79 Å². The number of ether oxygens (including phenoxy) is 1. The zero-order valence-corrected chi connectivity index (χ0v) is 20.6. The van der Waals surface area contributed by atoms with Gasteiger partial charge in [0, 0.05) is 12.6 Å². The monoisotopic (exact) mass is 463 g/mol. The molecule has 2 aromatic rings. The topological polar surface area (TPSA) is 79.0 Å². The van der Waals surface area contributed by atoms with E-state index in [0.717, 1.165) is 34.6 Å². The summed E-state index contributed by atoms with van der Waals surface area (Å²) >= 11 is 0. The van der Waals surface area contributed by atoms with Gasteiger partial charge in [-0.1, -0.05) is 57.2 Å². The Morgan fingerprint density at radius 3 is 2.24 bits per heavy atom. The maximum atomic E-state index is 13.4. The Labute approximate surface area is 201 Å². The molecule has 0 spiro atoms. The second-order valence-corrected chi connectivity index (χ2v) is 10.4. The van der Waals surface area contributed by atoms with Gasteiger partial charge in [-0.05, 0) is 54.0 Å². The first-order valence-electron chi connectivity index (χ1n) is 11.7. The Morgan fingerprint density at radius 1 is 1.09 bits per heavy atom. The quantitative estimate of drug-likeness (QED) is 0.631. The second kappa shape index (κ2) is 8.78. The van der Waals surface area contributed by atoms with E-state index in [0.29, 0.717) is 12.1 Å². The predicted molar refractivity (Wildman–Crippen MR) is 129 cm³/mol. The summed E-state index contributed by atoms with van der Waals surface area (Å²) in [6.45, 7) is 8.22. The van der Waals surface area contributed by atoms with E-state index < -0.39 is 17.5 Å². The predicted octanol–water partition coefficient (Wildman–Crippen LogP) is 3.95. The van der Waals surface area contributed by atoms with Gasteiger partial charge in [-0.15, -0.1) is 0 Å². The third-order valence-electron chi connectivity index (χ3n) is 6.72. The summed E-state index contributed by atoms with van der Waals surface area (Å²) in [6.07, 6.45) is 1.86. The van der Waals surface area contributed by atoms with Gasteiger partial charge in [0.15, 0.2) is 0 Å². The molecule has 1 unspecified atom stereocenters. The maximum absolute atomic E-state index is 13.4. The molecule has 1 saturated heterocycles. The minimum absolute atomic E-state index is 0.0169. The van der Waals surface area contributed by atoms with Crippen LogP contribution in [0.1, 0.15) is 57.2 Å². The summed E-state index contributed by atoms with van der Waals surface area (Å²) in [6, 6.07) is 14.9. The SMILES string of the molecule is COc1ccc(CN(C(=O)CN2C(=O)NC(C)(c3ccc(C(C)(C)C)cc3)C2=O)C2CC2)cc1. The fourth-order valence-electron chi connectivity index (χ4n) is 4.30. The number of amides is 4. The third kappa shape index (κ3) is 4.65. The van der Waals surface area contributed by atoms with Crippen molar-refractivity contribution in [2.24, 2.45) is 0 Å². The van der Waals surface area contributed by atoms with Crippen molar-refractivity contribution in [1.29, 1.82) is 0 Å². The number of hydrogen-bond acceptors (Lipinski definition) is 4. The molecule has 1 aliphatic heterocycles. The highest BCUT2D eigenvalue weighted by molar-refractivity contribution is 6.09. The smallest absolute Gasteiger partial charge is 0.325 e. The van der Waals surface area contributed by atoms with Crippen LogP contribution in [0.25, 0.3) is 0 Å². The Hall–Kier alpha value is -3.35. The minimum atomic E-state index is -1.20. The van der Waals surface area contributed by atoms with Gasteiger partial charge in [-0.2, -0.15) is 0 Å². The van der Waals surface area contributed by atoms with Crippen LogP contribution in [0.5, 0.6) is 5.75 Å². The van der Waals surface area contributed by atoms with Gasteiger partial charge in [0.1, 0.15) is 17.8 Å². The second-order valence-electron chi connectivity index (χ2n) is 10.4. The van der Waals surface area contributed by atoms with E-state index in [4.69, 9.17) is 4.74 Å². The van der Waals surface area contributed by atoms with Gasteiger partial charge >= 0.3 is 6.03 Å². The van der Waals surface area contributed by atoms with Crippen molar-refractivity contribution in [3.8, 4) is 5.75 Å². The van der Waals surface area contributed by atoms with Crippen LogP contribution in [0.4, 0.5) is 4.79 Å². The average Bonchev–Trinajstić information content (AvgIpc) is 3.62. The summed E-state index contributed by atoms with van der Waals surface area (Å²) in [5, 5.41) is 2.81. The highest BCUT2D eigenvalue weighted by Crippen LogP contribution is 2.32. The first kappa shape index (κ1) is 23.8. The van der Waals surface area contributed by atoms with Gasteiger partial charge in [0.2, 0.25) is 5.91 Å². The zero-order valence-electron chi connectivity index (χ0n) is 20.6. The molecule has 2 aliphatic rings. The van der Waals surface area contributed by atoms with Crippen molar-refractivity contribution in [2.75, 3.05) is 13.7 Å². The molecule has 1 N–H and O–H groups in total. The molecule has 1 saturated carbocycles. The number of hydrogen-bond donors (Lipinski definition) is 1. The molecule has 2 fully saturated rings. The Morgan fingerprint density at radius 2 is 1.71 bits per heavy atom. The van der Waals surface area contributed by atoms with Crippen LogP contribution in [0.3, 0.4) is 0 Å². The highest BCUT2D eigenvalue weighted by atomic mass is 16.5. The Bertz CT molecular complexity index is 1080. The van der Waals surface area contributed by atoms with Crippen molar-refractivity contribution >= 4 is 17.8 Å². The van der Waals surface area contributed by atoms with Crippen LogP contribution >= 0.6 is 0 Å². The normalized spacial score (nSPS) is 20.3. The molecule has 1 atom stereocenters. The molecule has 180 valence electrons. The fraction of sp³-hybridized carbons (Fsp3) is 0.444. The summed E-state index contributed by atoms with van der Waals surface area (Å²) in [5.41, 5.74) is 1.60. The number of nitrogens with zero attached hydrogens (tertiary/aromatic N) is 2. The number of rotatable bonds is 7. The number of urea groups is 1. The lowest BCUT2D eigenvalue weighted by Crippen LogP contribution is -2.45. The largest absolute Gasteiger partial charge is 0.497 e. The molecular formula is C27H33N3O4. The third-order valence-corrected chi connectivity index (χ3v) is 6.72. The van der Waals surface area contributed by atoms with Crippen LogP contribution in [-0.4, -0.2) is 47.3 Å². The van der Waals surface area contributed by atoms with E-state index in [1.54, 1.807) is 18.9 Å². The number of nitrogens with one attached hydrogen (secondary N) is 1. The molecule has 2 aromatic carbocycles. The molecule has 0 aromatic heterocycles. The van der Waals surface area contributed by atoms with E-state index in [-0.39, 0.29) is 23.9 Å². The molecule has 34 heavy (non-hydrogen) atoms. The summed E-state index contributed by atoms with van der Waals surface area (Å²) in [7, 11) is 1.61. The van der Waals surface area contributed by atoms with Crippen LogP contribution in [0, 0.1) is 0 Å². The summed E-state index contributed by atoms with van der Waals surface area (Å²) < 4.78 is 5.20. The Kier molecular flexibility index (Phi) is 6.14. The maximum Gasteiger partial charge on any atom is 0.325 e. The first-order valence-corrected chi connectivity index (χ1v) is 11.7. The molecule has 1 aliphatic carbocycles. The van der Waals surface area contributed by atoms with Gasteiger partial charge < -0.3 is 15.0 Å². The van der Waals surface area contributed by atoms with Gasteiger partial charge in [0.25, 0.3) is 5.91 Å². The molecule has 7 nitrogen and oxygen atoms in total. The van der Waals surface area contributed by atoms with E-state index in [1.165, 1.54) is 0 Å². The lowest BCUT2D eigenvalue weighted by Gasteiger charge is -2.26. The van der Waals surface area contributed by atoms with E-state index >= 15 is 0 Å². The van der Waals surface area contributed by atoms with Crippen LogP contribution in [0.2, 0.25) is 0 Å². The number of benzene rings is 2. The average molecular weight is 464 g/mol. The van der Waals surface area contributed by atoms with Crippen molar-refractivity contribution in [3.63, 3.8) is 0 Å². The zero-order chi connectivity index (χ0) is 24.7. The van der Waals surface area contributed by atoms with Crippen molar-refractivity contribution in [2.45, 2.75) is 64.1 Å². The van der Waals surface area contributed by atoms with Gasteiger partial charge in [0.05, 0.1) is 7.11 Å². The molecule has 7 heteroatoms. The number of carbonyl (C=O) groups is 3. The minimum Gasteiger partial charge on any atom is -0.497 e. The molecule has 1 heterocycles. The van der Waals surface area contributed by atoms with Crippen LogP contribution in [0.15, 0.2) is 48.5 Å². The number of imide groups is 1. The van der Waals surface area contributed by atoms with Gasteiger partial charge in [-0.3, -0.25) is 14.5 Å². The van der Waals surface area contributed by atoms with Crippen LogP contribution < -0.4 is 10.1 Å². The standard InChI is InChI=1S/C27H33N3O4/c1-26(2,3)19-8-10-20(11-9-19)27(4)24(32)30(25(33)28-27)17-23(31)29(21-12-13-21)16-18-6-14-22(34-5)15-7-18/h6-11,14-15,21H,12-13,16-17H2,1-5H3,(H,28,33). The van der Waals surface area contributed by atoms with Crippen LogP contribution in [-0.2, 0) is 27.1 Å². The lowest BCUT2D eigenvalue weighted by molar-refractivity contribution is -0.139. The number of carbonyl (C=O) groups excluding carboxylic acids is 3. The molecule has 4 amide bonds. The number of methoxy groups -OCH3 is 1. The molecule has 0 bridgehead atoms. The summed E-state index contributed by atoms with van der Waals surface area (Å²) in [4.78, 5) is 42.2. The van der Waals surface area contributed by atoms with E-state index in [1.807, 2.05) is 48.5 Å². The molecule has 0 radical (unpaired) electrons. The summed E-state index contributed by atoms with van der Waals surface area (Å²) in [5.74, 6) is 0.117. The molecular weight excluding hydrogens is 430 g/mol. The first-order chi connectivity index (χ1) is 16.0. The van der Waals surface area contributed by atoms with Crippen molar-refractivity contribution in [1.82, 2.24) is 15.1 Å².